The van der Waals surface area contributed by atoms with Crippen molar-refractivity contribution in [2.24, 2.45) is 0 Å². The van der Waals surface area contributed by atoms with Crippen LogP contribution >= 0.6 is 11.6 Å². The van der Waals surface area contributed by atoms with Crippen molar-refractivity contribution in [2.75, 3.05) is 0 Å². The molecule has 0 fully saturated rings. The smallest absolute Gasteiger partial charge is 0.0464 e. The first-order chi connectivity index (χ1) is 5.52. The predicted molar refractivity (Wildman–Crippen MR) is 55.0 cm³/mol. The van der Waals surface area contributed by atoms with E-state index < -0.39 is 0 Å². The molecular weight excluding hydrogens is 168 g/mol. The number of halogens is 1. The first kappa shape index (κ1) is 9.60. The monoisotopic (exact) mass is 182 g/mol. The highest BCUT2D eigenvalue weighted by Crippen LogP contribution is 2.25. The molecule has 1 heteroatoms. The van der Waals surface area contributed by atoms with Crippen molar-refractivity contribution in [3.05, 3.63) is 33.8 Å². The Morgan fingerprint density at radius 2 is 1.50 bits per heavy atom. The summed E-state index contributed by atoms with van der Waals surface area (Å²) in [6.07, 6.45) is 0. The molecule has 0 amide bonds. The van der Waals surface area contributed by atoms with Crippen LogP contribution in [0.25, 0.3) is 0 Å². The van der Waals surface area contributed by atoms with Gasteiger partial charge in [0.2, 0.25) is 0 Å². The fraction of sp³-hybridized carbons (Fsp3) is 0.455. The lowest BCUT2D eigenvalue weighted by atomic mass is 9.99. The summed E-state index contributed by atoms with van der Waals surface area (Å²) in [5.74, 6) is 0.583. The largest absolute Gasteiger partial charge is 0.0838 e. The van der Waals surface area contributed by atoms with Crippen molar-refractivity contribution in [2.45, 2.75) is 33.6 Å². The molecule has 1 aromatic carbocycles. The molecule has 0 N–H and O–H groups in total. The quantitative estimate of drug-likeness (QED) is 0.614. The second-order valence-corrected chi connectivity index (χ2v) is 4.00. The molecule has 0 unspecified atom stereocenters. The highest BCUT2D eigenvalue weighted by atomic mass is 35.5. The van der Waals surface area contributed by atoms with Crippen LogP contribution in [0.15, 0.2) is 12.1 Å². The van der Waals surface area contributed by atoms with Gasteiger partial charge in [0.1, 0.15) is 0 Å². The van der Waals surface area contributed by atoms with E-state index >= 15 is 0 Å². The molecule has 0 heterocycles. The van der Waals surface area contributed by atoms with E-state index in [2.05, 4.69) is 39.8 Å². The molecule has 0 saturated carbocycles. The van der Waals surface area contributed by atoms with E-state index in [9.17, 15) is 0 Å². The third-order valence-corrected chi connectivity index (χ3v) is 2.72. The Balaban J connectivity index is 3.21. The van der Waals surface area contributed by atoms with E-state index in [1.54, 1.807) is 0 Å². The molecule has 0 saturated heterocycles. The molecule has 1 aromatic rings. The maximum atomic E-state index is 6.05. The van der Waals surface area contributed by atoms with E-state index in [1.165, 1.54) is 16.7 Å². The third kappa shape index (κ3) is 1.81. The summed E-state index contributed by atoms with van der Waals surface area (Å²) >= 11 is 6.05. The Hall–Kier alpha value is -0.490. The summed E-state index contributed by atoms with van der Waals surface area (Å²) in [6, 6.07) is 4.33. The van der Waals surface area contributed by atoms with Gasteiger partial charge in [-0.3, -0.25) is 0 Å². The fourth-order valence-corrected chi connectivity index (χ4v) is 1.42. The lowest BCUT2D eigenvalue weighted by Crippen LogP contribution is -1.91. The van der Waals surface area contributed by atoms with Crippen LogP contribution in [0.5, 0.6) is 0 Å². The Morgan fingerprint density at radius 1 is 1.08 bits per heavy atom. The molecule has 12 heavy (non-hydrogen) atoms. The molecule has 0 aliphatic heterocycles. The number of hydrogen-bond donors (Lipinski definition) is 0. The zero-order valence-corrected chi connectivity index (χ0v) is 8.87. The summed E-state index contributed by atoms with van der Waals surface area (Å²) in [7, 11) is 0. The Bertz CT molecular complexity index is 264. The van der Waals surface area contributed by atoms with E-state index in [0.717, 1.165) is 5.02 Å². The van der Waals surface area contributed by atoms with Crippen LogP contribution in [0, 0.1) is 13.8 Å². The fourth-order valence-electron chi connectivity index (χ4n) is 1.31. The lowest BCUT2D eigenvalue weighted by Gasteiger charge is -2.09. The molecular formula is C11H15Cl. The van der Waals surface area contributed by atoms with Crippen LogP contribution in [0.4, 0.5) is 0 Å². The minimum Gasteiger partial charge on any atom is -0.0838 e. The summed E-state index contributed by atoms with van der Waals surface area (Å²) in [4.78, 5) is 0. The van der Waals surface area contributed by atoms with Crippen LogP contribution in [0.3, 0.4) is 0 Å². The highest BCUT2D eigenvalue weighted by molar-refractivity contribution is 6.32. The molecule has 66 valence electrons. The zero-order chi connectivity index (χ0) is 9.30. The molecule has 0 bridgehead atoms. The molecule has 0 aliphatic rings. The maximum absolute atomic E-state index is 6.05. The first-order valence-corrected chi connectivity index (χ1v) is 4.67. The highest BCUT2D eigenvalue weighted by Gasteiger charge is 2.04. The first-order valence-electron chi connectivity index (χ1n) is 4.29. The van der Waals surface area contributed by atoms with Crippen molar-refractivity contribution < 1.29 is 0 Å². The molecule has 0 aliphatic carbocycles. The minimum atomic E-state index is 0.583. The summed E-state index contributed by atoms with van der Waals surface area (Å²) in [6.45, 7) is 8.51. The van der Waals surface area contributed by atoms with E-state index in [1.807, 2.05) is 0 Å². The van der Waals surface area contributed by atoms with Gasteiger partial charge >= 0.3 is 0 Å². The third-order valence-electron chi connectivity index (χ3n) is 2.13. The SMILES string of the molecule is Cc1cc(C(C)C)cc(C)c1Cl. The average Bonchev–Trinajstić information content (AvgIpc) is 1.99. The van der Waals surface area contributed by atoms with Gasteiger partial charge in [-0.25, -0.2) is 0 Å². The van der Waals surface area contributed by atoms with Crippen molar-refractivity contribution >= 4 is 11.6 Å². The van der Waals surface area contributed by atoms with Crippen LogP contribution < -0.4 is 0 Å². The van der Waals surface area contributed by atoms with Gasteiger partial charge in [-0.05, 0) is 36.5 Å². The second kappa shape index (κ2) is 3.49. The van der Waals surface area contributed by atoms with Crippen LogP contribution in [0.1, 0.15) is 36.5 Å². The average molecular weight is 183 g/mol. The standard InChI is InChI=1S/C11H15Cl/c1-7(2)10-5-8(3)11(12)9(4)6-10/h5-7H,1-4H3. The topological polar surface area (TPSA) is 0 Å². The van der Waals surface area contributed by atoms with Gasteiger partial charge in [0.25, 0.3) is 0 Å². The summed E-state index contributed by atoms with van der Waals surface area (Å²) < 4.78 is 0. The van der Waals surface area contributed by atoms with Crippen LogP contribution in [0.2, 0.25) is 5.02 Å². The number of rotatable bonds is 1. The van der Waals surface area contributed by atoms with Crippen LogP contribution in [-0.2, 0) is 0 Å². The Morgan fingerprint density at radius 3 is 1.83 bits per heavy atom. The van der Waals surface area contributed by atoms with Gasteiger partial charge < -0.3 is 0 Å². The van der Waals surface area contributed by atoms with Crippen molar-refractivity contribution in [3.8, 4) is 0 Å². The van der Waals surface area contributed by atoms with Crippen LogP contribution in [-0.4, -0.2) is 0 Å². The van der Waals surface area contributed by atoms with E-state index in [0.29, 0.717) is 5.92 Å². The molecule has 0 atom stereocenters. The minimum absolute atomic E-state index is 0.583. The van der Waals surface area contributed by atoms with Gasteiger partial charge in [0.05, 0.1) is 0 Å². The molecule has 0 radical (unpaired) electrons. The Kier molecular flexibility index (Phi) is 2.79. The number of benzene rings is 1. The zero-order valence-electron chi connectivity index (χ0n) is 8.11. The van der Waals surface area contributed by atoms with Gasteiger partial charge in [-0.15, -0.1) is 0 Å². The predicted octanol–water partition coefficient (Wildman–Crippen LogP) is 4.08. The molecule has 0 aromatic heterocycles. The summed E-state index contributed by atoms with van der Waals surface area (Å²) in [5, 5.41) is 0.902. The van der Waals surface area contributed by atoms with Gasteiger partial charge in [-0.1, -0.05) is 37.6 Å². The van der Waals surface area contributed by atoms with E-state index in [4.69, 9.17) is 11.6 Å². The van der Waals surface area contributed by atoms with Crippen molar-refractivity contribution in [3.63, 3.8) is 0 Å². The second-order valence-electron chi connectivity index (χ2n) is 3.62. The molecule has 1 rings (SSSR count). The molecule has 0 nitrogen and oxygen atoms in total. The number of aryl methyl sites for hydroxylation is 2. The van der Waals surface area contributed by atoms with Crippen molar-refractivity contribution in [1.82, 2.24) is 0 Å². The summed E-state index contributed by atoms with van der Waals surface area (Å²) in [5.41, 5.74) is 3.73. The molecule has 0 spiro atoms. The van der Waals surface area contributed by atoms with E-state index in [-0.39, 0.29) is 0 Å². The lowest BCUT2D eigenvalue weighted by molar-refractivity contribution is 0.863. The number of hydrogen-bond acceptors (Lipinski definition) is 0. The normalized spacial score (nSPS) is 10.8. The van der Waals surface area contributed by atoms with Gasteiger partial charge in [0.15, 0.2) is 0 Å². The van der Waals surface area contributed by atoms with Gasteiger partial charge in [-0.2, -0.15) is 0 Å². The maximum Gasteiger partial charge on any atom is 0.0464 e. The van der Waals surface area contributed by atoms with Crippen molar-refractivity contribution in [1.29, 1.82) is 0 Å². The van der Waals surface area contributed by atoms with Gasteiger partial charge in [0, 0.05) is 5.02 Å². The Labute approximate surface area is 79.6 Å².